The molecule has 0 aliphatic heterocycles. The summed E-state index contributed by atoms with van der Waals surface area (Å²) in [6.45, 7) is 13.4. The van der Waals surface area contributed by atoms with E-state index in [1.165, 1.54) is 62.5 Å². The van der Waals surface area contributed by atoms with Crippen LogP contribution < -0.4 is 25.4 Å². The molecular formula is C65H95N3O7. The van der Waals surface area contributed by atoms with Crippen LogP contribution in [0.5, 0.6) is 11.5 Å². The van der Waals surface area contributed by atoms with E-state index in [9.17, 15) is 19.5 Å². The molecule has 75 heavy (non-hydrogen) atoms. The number of benzene rings is 3. The number of unbranched alkanes of at least 4 members (excludes halogenated alkanes) is 4. The predicted molar refractivity (Wildman–Crippen MR) is 302 cm³/mol. The highest BCUT2D eigenvalue weighted by atomic mass is 16.6. The third kappa shape index (κ3) is 14.2. The van der Waals surface area contributed by atoms with Crippen LogP contribution in [0.15, 0.2) is 90.5 Å². The van der Waals surface area contributed by atoms with Crippen LogP contribution in [0.4, 0.5) is 4.79 Å². The van der Waals surface area contributed by atoms with Gasteiger partial charge in [-0.1, -0.05) is 133 Å². The van der Waals surface area contributed by atoms with Gasteiger partial charge in [0.2, 0.25) is 11.8 Å². The maximum absolute atomic E-state index is 13.5. The Hall–Kier alpha value is -4.83. The number of methoxy groups -OCH3 is 2. The third-order valence-electron chi connectivity index (χ3n) is 19.1. The summed E-state index contributed by atoms with van der Waals surface area (Å²) in [5.41, 5.74) is 5.24. The largest absolute Gasteiger partial charge is 0.497 e. The SMILES string of the molecule is COc1ccc(C(CCCCCC(=O)NC(CCCCNC(=O)O[C@H]2CC[C@@]3(C)C(=CC[C@H]4[C@@H]5CC[C@H]([C@H](C)CCCC(C)C)[C@@]5(C)CC[C@@H]43)C2)C(=O)NCCCCO)(c2ccccc2)c2ccc(OC)cc2)cc1. The van der Waals surface area contributed by atoms with Crippen LogP contribution in [-0.4, -0.2) is 69.1 Å². The lowest BCUT2D eigenvalue weighted by atomic mass is 9.47. The van der Waals surface area contributed by atoms with Crippen molar-refractivity contribution in [3.63, 3.8) is 0 Å². The average molecular weight is 1030 g/mol. The molecule has 1 unspecified atom stereocenters. The average Bonchev–Trinajstić information content (AvgIpc) is 3.78. The van der Waals surface area contributed by atoms with Gasteiger partial charge in [0.1, 0.15) is 23.6 Å². The predicted octanol–water partition coefficient (Wildman–Crippen LogP) is 13.7. The lowest BCUT2D eigenvalue weighted by Crippen LogP contribution is -2.51. The maximum atomic E-state index is 13.5. The summed E-state index contributed by atoms with van der Waals surface area (Å²) in [4.78, 5) is 40.2. The van der Waals surface area contributed by atoms with Gasteiger partial charge in [0.05, 0.1) is 14.2 Å². The Morgan fingerprint density at radius 1 is 0.693 bits per heavy atom. The van der Waals surface area contributed by atoms with Gasteiger partial charge in [-0.15, -0.1) is 0 Å². The van der Waals surface area contributed by atoms with Crippen molar-refractivity contribution in [3.8, 4) is 11.5 Å². The zero-order chi connectivity index (χ0) is 53.4. The number of carbonyl (C=O) groups is 3. The molecule has 4 aliphatic rings. The van der Waals surface area contributed by atoms with E-state index in [-0.39, 0.29) is 36.0 Å². The molecule has 3 fully saturated rings. The molecule has 4 N–H and O–H groups in total. The quantitative estimate of drug-likeness (QED) is 0.0323. The molecule has 0 saturated heterocycles. The second-order valence-electron chi connectivity index (χ2n) is 24.1. The number of amides is 3. The molecule has 0 heterocycles. The van der Waals surface area contributed by atoms with E-state index in [4.69, 9.17) is 14.2 Å². The number of hydrogen-bond donors (Lipinski definition) is 4. The molecule has 3 amide bonds. The zero-order valence-electron chi connectivity index (χ0n) is 47.1. The molecule has 412 valence electrons. The van der Waals surface area contributed by atoms with Crippen molar-refractivity contribution in [2.45, 2.75) is 187 Å². The van der Waals surface area contributed by atoms with Crippen LogP contribution in [0.3, 0.4) is 0 Å². The van der Waals surface area contributed by atoms with E-state index in [2.05, 4.69) is 105 Å². The summed E-state index contributed by atoms with van der Waals surface area (Å²) in [6.07, 6.45) is 22.2. The summed E-state index contributed by atoms with van der Waals surface area (Å²) in [5, 5.41) is 18.3. The van der Waals surface area contributed by atoms with Gasteiger partial charge in [-0.05, 0) is 177 Å². The summed E-state index contributed by atoms with van der Waals surface area (Å²) in [5.74, 6) is 6.03. The van der Waals surface area contributed by atoms with Crippen LogP contribution in [0, 0.1) is 46.3 Å². The summed E-state index contributed by atoms with van der Waals surface area (Å²) in [7, 11) is 3.36. The summed E-state index contributed by atoms with van der Waals surface area (Å²) >= 11 is 0. The highest BCUT2D eigenvalue weighted by molar-refractivity contribution is 5.87. The van der Waals surface area contributed by atoms with E-state index < -0.39 is 11.5 Å². The molecule has 0 bridgehead atoms. The van der Waals surface area contributed by atoms with Gasteiger partial charge < -0.3 is 35.3 Å². The van der Waals surface area contributed by atoms with Crippen LogP contribution >= 0.6 is 0 Å². The van der Waals surface area contributed by atoms with Crippen LogP contribution in [-0.2, 0) is 19.7 Å². The normalized spacial score (nSPS) is 24.9. The van der Waals surface area contributed by atoms with Gasteiger partial charge in [-0.2, -0.15) is 0 Å². The maximum Gasteiger partial charge on any atom is 0.407 e. The number of aliphatic hydroxyl groups is 1. The molecule has 9 atom stereocenters. The van der Waals surface area contributed by atoms with Crippen molar-refractivity contribution in [1.82, 2.24) is 16.0 Å². The minimum Gasteiger partial charge on any atom is -0.497 e. The highest BCUT2D eigenvalue weighted by Crippen LogP contribution is 2.67. The number of ether oxygens (including phenoxy) is 3. The van der Waals surface area contributed by atoms with Crippen LogP contribution in [0.2, 0.25) is 0 Å². The molecule has 0 aromatic heterocycles. The van der Waals surface area contributed by atoms with Crippen molar-refractivity contribution in [2.24, 2.45) is 46.3 Å². The van der Waals surface area contributed by atoms with Gasteiger partial charge >= 0.3 is 6.09 Å². The summed E-state index contributed by atoms with van der Waals surface area (Å²) < 4.78 is 17.2. The number of hydrogen-bond acceptors (Lipinski definition) is 7. The fourth-order valence-electron chi connectivity index (χ4n) is 15.0. The molecule has 0 spiro atoms. The van der Waals surface area contributed by atoms with E-state index in [1.807, 2.05) is 30.3 Å². The van der Waals surface area contributed by atoms with E-state index in [0.29, 0.717) is 63.5 Å². The standard InChI is InChI=1S/C65H95N3O7/c1-46(2)19-18-20-47(3)56-35-36-57-55-34-29-51-45-54(37-40-63(51,4)58(55)38-41-64(56,57)5)75-62(72)67-43-15-13-23-59(61(71)66-42-16-17-44-69)68-60(70)24-12-9-14-39-65(48-21-10-8-11-22-48,49-25-30-52(73-6)31-26-49)50-27-32-53(74-7)33-28-50/h8,10-11,21-22,25-33,46-47,54-59,69H,9,12-20,23-24,34-45H2,1-7H3,(H,66,71)(H,67,72)(H,68,70)/t47-,54+,55+,56-,57+,58+,59?,63+,64-/m1/s1. The number of carbonyl (C=O) groups excluding carboxylic acids is 3. The monoisotopic (exact) mass is 1030 g/mol. The molecule has 0 radical (unpaired) electrons. The van der Waals surface area contributed by atoms with E-state index in [0.717, 1.165) is 96.7 Å². The molecule has 3 aromatic carbocycles. The molecule has 10 heteroatoms. The molecule has 4 aliphatic carbocycles. The molecule has 3 aromatic rings. The first kappa shape index (κ1) is 57.9. The Kier molecular flexibility index (Phi) is 21.2. The number of aliphatic hydroxyl groups excluding tert-OH is 1. The van der Waals surface area contributed by atoms with E-state index in [1.54, 1.807) is 14.2 Å². The van der Waals surface area contributed by atoms with Crippen LogP contribution in [0.25, 0.3) is 0 Å². The Bertz CT molecular complexity index is 2230. The van der Waals surface area contributed by atoms with Crippen molar-refractivity contribution in [2.75, 3.05) is 33.9 Å². The topological polar surface area (TPSA) is 135 Å². The van der Waals surface area contributed by atoms with Gasteiger partial charge in [-0.25, -0.2) is 4.79 Å². The van der Waals surface area contributed by atoms with Gasteiger partial charge in [0.25, 0.3) is 0 Å². The first-order chi connectivity index (χ1) is 36.2. The third-order valence-corrected chi connectivity index (χ3v) is 19.1. The van der Waals surface area contributed by atoms with Gasteiger partial charge in [0, 0.05) is 38.0 Å². The Balaban J connectivity index is 0.869. The Labute approximate surface area is 451 Å². The number of alkyl carbamates (subject to hydrolysis) is 1. The van der Waals surface area contributed by atoms with Crippen molar-refractivity contribution < 1.29 is 33.7 Å². The number of fused-ring (bicyclic) bond motifs is 5. The fourth-order valence-corrected chi connectivity index (χ4v) is 15.0. The fraction of sp³-hybridized carbons (Fsp3) is 0.646. The van der Waals surface area contributed by atoms with Gasteiger partial charge in [0.15, 0.2) is 0 Å². The lowest BCUT2D eigenvalue weighted by molar-refractivity contribution is -0.129. The van der Waals surface area contributed by atoms with Crippen molar-refractivity contribution >= 4 is 17.9 Å². The minimum atomic E-state index is -0.689. The van der Waals surface area contributed by atoms with Crippen LogP contribution in [0.1, 0.15) is 186 Å². The van der Waals surface area contributed by atoms with Crippen molar-refractivity contribution in [1.29, 1.82) is 0 Å². The second-order valence-corrected chi connectivity index (χ2v) is 24.1. The molecule has 10 nitrogen and oxygen atoms in total. The van der Waals surface area contributed by atoms with Crippen molar-refractivity contribution in [3.05, 3.63) is 107 Å². The highest BCUT2D eigenvalue weighted by Gasteiger charge is 2.59. The number of nitrogens with one attached hydrogen (secondary N) is 3. The molecular weight excluding hydrogens is 935 g/mol. The molecule has 7 rings (SSSR count). The second kappa shape index (κ2) is 27.5. The Morgan fingerprint density at radius 3 is 2.03 bits per heavy atom. The first-order valence-corrected chi connectivity index (χ1v) is 29.4. The molecule has 3 saturated carbocycles. The Morgan fingerprint density at radius 2 is 1.36 bits per heavy atom. The zero-order valence-corrected chi connectivity index (χ0v) is 47.1. The smallest absolute Gasteiger partial charge is 0.407 e. The van der Waals surface area contributed by atoms with Gasteiger partial charge in [-0.3, -0.25) is 9.59 Å². The number of allylic oxidation sites excluding steroid dienone is 1. The summed E-state index contributed by atoms with van der Waals surface area (Å²) in [6, 6.07) is 26.6. The minimum absolute atomic E-state index is 0.0653. The first-order valence-electron chi connectivity index (χ1n) is 29.4. The van der Waals surface area contributed by atoms with E-state index >= 15 is 0 Å². The number of rotatable bonds is 28. The lowest BCUT2D eigenvalue weighted by Gasteiger charge is -2.58.